The van der Waals surface area contributed by atoms with E-state index in [4.69, 9.17) is 16.3 Å². The van der Waals surface area contributed by atoms with Crippen LogP contribution in [0.5, 0.6) is 0 Å². The van der Waals surface area contributed by atoms with Crippen molar-refractivity contribution in [3.05, 3.63) is 29.0 Å². The summed E-state index contributed by atoms with van der Waals surface area (Å²) in [5, 5.41) is 4.05. The Kier molecular flexibility index (Phi) is 6.32. The maximum Gasteiger partial charge on any atom is 0.0621 e. The fraction of sp³-hybridized carbons (Fsp3) is 0.545. The molecule has 15 heavy (non-hydrogen) atoms. The molecule has 1 N–H and O–H groups in total. The van der Waals surface area contributed by atoms with Crippen LogP contribution in [0.25, 0.3) is 0 Å². The minimum atomic E-state index is 0.759. The molecule has 0 aromatic carbocycles. The summed E-state index contributed by atoms with van der Waals surface area (Å²) in [6.07, 6.45) is 5.53. The van der Waals surface area contributed by atoms with Crippen LogP contribution in [-0.4, -0.2) is 31.8 Å². The molecule has 0 spiro atoms. The standard InChI is InChI=1S/C11H17ClN2O/c1-15-8-7-13-5-2-3-10-4-6-14-9-11(10)12/h4,6,9,13H,2-3,5,7-8H2,1H3. The van der Waals surface area contributed by atoms with E-state index in [-0.39, 0.29) is 0 Å². The first-order valence-electron chi connectivity index (χ1n) is 5.12. The van der Waals surface area contributed by atoms with Gasteiger partial charge < -0.3 is 10.1 Å². The highest BCUT2D eigenvalue weighted by Crippen LogP contribution is 2.14. The molecule has 0 aliphatic carbocycles. The molecule has 1 aromatic heterocycles. The quantitative estimate of drug-likeness (QED) is 0.724. The molecule has 3 nitrogen and oxygen atoms in total. The Hall–Kier alpha value is -0.640. The molecule has 1 aromatic rings. The number of methoxy groups -OCH3 is 1. The molecule has 84 valence electrons. The molecule has 0 fully saturated rings. The number of pyridine rings is 1. The zero-order chi connectivity index (χ0) is 10.9. The highest BCUT2D eigenvalue weighted by Gasteiger charge is 1.98. The molecular weight excluding hydrogens is 212 g/mol. The van der Waals surface area contributed by atoms with E-state index in [9.17, 15) is 0 Å². The van der Waals surface area contributed by atoms with E-state index in [0.29, 0.717) is 0 Å². The van der Waals surface area contributed by atoms with Crippen LogP contribution >= 0.6 is 11.6 Å². The van der Waals surface area contributed by atoms with Crippen molar-refractivity contribution in [3.8, 4) is 0 Å². The molecule has 0 saturated heterocycles. The summed E-state index contributed by atoms with van der Waals surface area (Å²) < 4.78 is 4.93. The zero-order valence-electron chi connectivity index (χ0n) is 9.00. The number of nitrogens with zero attached hydrogens (tertiary/aromatic N) is 1. The van der Waals surface area contributed by atoms with Gasteiger partial charge in [0.2, 0.25) is 0 Å². The van der Waals surface area contributed by atoms with E-state index in [2.05, 4.69) is 10.3 Å². The van der Waals surface area contributed by atoms with Crippen molar-refractivity contribution in [2.75, 3.05) is 26.8 Å². The van der Waals surface area contributed by atoms with Crippen LogP contribution in [0.4, 0.5) is 0 Å². The molecule has 1 rings (SSSR count). The summed E-state index contributed by atoms with van der Waals surface area (Å²) in [5.41, 5.74) is 1.17. The van der Waals surface area contributed by atoms with E-state index in [1.165, 1.54) is 5.56 Å². The third-order valence-electron chi connectivity index (χ3n) is 2.14. The lowest BCUT2D eigenvalue weighted by molar-refractivity contribution is 0.199. The first-order chi connectivity index (χ1) is 7.34. The highest BCUT2D eigenvalue weighted by molar-refractivity contribution is 6.31. The number of hydrogen-bond donors (Lipinski definition) is 1. The van der Waals surface area contributed by atoms with Gasteiger partial charge in [0.15, 0.2) is 0 Å². The molecule has 0 aliphatic rings. The first kappa shape index (κ1) is 12.4. The van der Waals surface area contributed by atoms with E-state index in [1.807, 2.05) is 6.07 Å². The third-order valence-corrected chi connectivity index (χ3v) is 2.48. The van der Waals surface area contributed by atoms with Gasteiger partial charge >= 0.3 is 0 Å². The van der Waals surface area contributed by atoms with E-state index in [1.54, 1.807) is 19.5 Å². The number of aromatic nitrogens is 1. The van der Waals surface area contributed by atoms with Gasteiger partial charge in [-0.25, -0.2) is 0 Å². The van der Waals surface area contributed by atoms with Crippen LogP contribution in [0.1, 0.15) is 12.0 Å². The Morgan fingerprint density at radius 2 is 2.33 bits per heavy atom. The Balaban J connectivity index is 2.12. The van der Waals surface area contributed by atoms with Gasteiger partial charge in [-0.3, -0.25) is 4.98 Å². The number of nitrogens with one attached hydrogen (secondary N) is 1. The largest absolute Gasteiger partial charge is 0.383 e. The first-order valence-corrected chi connectivity index (χ1v) is 5.50. The van der Waals surface area contributed by atoms with Crippen LogP contribution in [0.3, 0.4) is 0 Å². The van der Waals surface area contributed by atoms with Gasteiger partial charge in [-0.1, -0.05) is 11.6 Å². The lowest BCUT2D eigenvalue weighted by Crippen LogP contribution is -2.20. The van der Waals surface area contributed by atoms with Crippen molar-refractivity contribution >= 4 is 11.6 Å². The van der Waals surface area contributed by atoms with Gasteiger partial charge in [0.25, 0.3) is 0 Å². The van der Waals surface area contributed by atoms with E-state index >= 15 is 0 Å². The molecule has 0 amide bonds. The van der Waals surface area contributed by atoms with E-state index < -0.39 is 0 Å². The molecule has 0 radical (unpaired) electrons. The summed E-state index contributed by atoms with van der Waals surface area (Å²) in [7, 11) is 1.71. The monoisotopic (exact) mass is 228 g/mol. The van der Waals surface area contributed by atoms with Crippen molar-refractivity contribution in [3.63, 3.8) is 0 Å². The van der Waals surface area contributed by atoms with Gasteiger partial charge in [0, 0.05) is 26.0 Å². The molecule has 0 saturated carbocycles. The van der Waals surface area contributed by atoms with Gasteiger partial charge in [-0.05, 0) is 31.0 Å². The Morgan fingerprint density at radius 3 is 3.07 bits per heavy atom. The number of hydrogen-bond acceptors (Lipinski definition) is 3. The number of rotatable bonds is 7. The van der Waals surface area contributed by atoms with Crippen LogP contribution in [0.2, 0.25) is 5.02 Å². The molecule has 1 heterocycles. The lowest BCUT2D eigenvalue weighted by Gasteiger charge is -2.05. The third kappa shape index (κ3) is 5.11. The van der Waals surface area contributed by atoms with Crippen molar-refractivity contribution in [1.29, 1.82) is 0 Å². The molecule has 0 aliphatic heterocycles. The maximum atomic E-state index is 5.98. The van der Waals surface area contributed by atoms with Gasteiger partial charge in [0.1, 0.15) is 0 Å². The number of ether oxygens (including phenoxy) is 1. The Labute approximate surface area is 95.8 Å². The number of aryl methyl sites for hydroxylation is 1. The van der Waals surface area contributed by atoms with E-state index in [0.717, 1.165) is 37.6 Å². The van der Waals surface area contributed by atoms with Crippen molar-refractivity contribution in [2.24, 2.45) is 0 Å². The average molecular weight is 229 g/mol. The summed E-state index contributed by atoms with van der Waals surface area (Å²) >= 11 is 5.98. The Bertz CT molecular complexity index is 281. The van der Waals surface area contributed by atoms with Gasteiger partial charge in [-0.2, -0.15) is 0 Å². The van der Waals surface area contributed by atoms with Crippen LogP contribution in [-0.2, 0) is 11.2 Å². The predicted octanol–water partition coefficient (Wildman–Crippen LogP) is 1.90. The normalized spacial score (nSPS) is 10.5. The molecular formula is C11H17ClN2O. The SMILES string of the molecule is COCCNCCCc1ccncc1Cl. The predicted molar refractivity (Wildman–Crippen MR) is 62.3 cm³/mol. The summed E-state index contributed by atoms with van der Waals surface area (Å²) in [6, 6.07) is 1.97. The van der Waals surface area contributed by atoms with Crippen molar-refractivity contribution in [2.45, 2.75) is 12.8 Å². The molecule has 0 atom stereocenters. The number of halogens is 1. The minimum Gasteiger partial charge on any atom is -0.383 e. The maximum absolute atomic E-state index is 5.98. The van der Waals surface area contributed by atoms with Crippen molar-refractivity contribution < 1.29 is 4.74 Å². The summed E-state index contributed by atoms with van der Waals surface area (Å²) in [4.78, 5) is 3.95. The van der Waals surface area contributed by atoms with Gasteiger partial charge in [0.05, 0.1) is 11.6 Å². The highest BCUT2D eigenvalue weighted by atomic mass is 35.5. The van der Waals surface area contributed by atoms with Crippen LogP contribution in [0, 0.1) is 0 Å². The fourth-order valence-electron chi connectivity index (χ4n) is 1.31. The summed E-state index contributed by atoms with van der Waals surface area (Å²) in [5.74, 6) is 0. The fourth-order valence-corrected chi connectivity index (χ4v) is 1.52. The van der Waals surface area contributed by atoms with Gasteiger partial charge in [-0.15, -0.1) is 0 Å². The second-order valence-electron chi connectivity index (χ2n) is 3.31. The second kappa shape index (κ2) is 7.63. The topological polar surface area (TPSA) is 34.1 Å². The minimum absolute atomic E-state index is 0.759. The van der Waals surface area contributed by atoms with Crippen molar-refractivity contribution in [1.82, 2.24) is 10.3 Å². The average Bonchev–Trinajstić information content (AvgIpc) is 2.25. The molecule has 0 unspecified atom stereocenters. The van der Waals surface area contributed by atoms with Crippen LogP contribution in [0.15, 0.2) is 18.5 Å². The second-order valence-corrected chi connectivity index (χ2v) is 3.72. The zero-order valence-corrected chi connectivity index (χ0v) is 9.76. The lowest BCUT2D eigenvalue weighted by atomic mass is 10.1. The van der Waals surface area contributed by atoms with Crippen LogP contribution < -0.4 is 5.32 Å². The molecule has 0 bridgehead atoms. The smallest absolute Gasteiger partial charge is 0.0621 e. The Morgan fingerprint density at radius 1 is 1.47 bits per heavy atom. The summed E-state index contributed by atoms with van der Waals surface area (Å²) in [6.45, 7) is 2.65. The molecule has 4 heteroatoms.